The number of allylic oxidation sites excluding steroid dienone is 1. The zero-order valence-electron chi connectivity index (χ0n) is 12.5. The van der Waals surface area contributed by atoms with Gasteiger partial charge in [0, 0.05) is 22.8 Å². The first-order valence-electron chi connectivity index (χ1n) is 7.26. The van der Waals surface area contributed by atoms with E-state index in [2.05, 4.69) is 30.5 Å². The van der Waals surface area contributed by atoms with Gasteiger partial charge in [0.05, 0.1) is 18.9 Å². The predicted octanol–water partition coefficient (Wildman–Crippen LogP) is 3.98. The summed E-state index contributed by atoms with van der Waals surface area (Å²) in [6, 6.07) is 8.17. The number of aryl methyl sites for hydroxylation is 1. The average molecular weight is 305 g/mol. The normalized spacial score (nSPS) is 12.7. The molecular formula is C17H23NO2S. The van der Waals surface area contributed by atoms with Gasteiger partial charge in [-0.2, -0.15) is 0 Å². The van der Waals surface area contributed by atoms with E-state index < -0.39 is 0 Å². The molecule has 0 aromatic carbocycles. The second kappa shape index (κ2) is 8.17. The van der Waals surface area contributed by atoms with Gasteiger partial charge in [0.1, 0.15) is 5.76 Å². The Morgan fingerprint density at radius 3 is 2.86 bits per heavy atom. The second-order valence-corrected chi connectivity index (χ2v) is 6.65. The molecule has 1 atom stereocenters. The fourth-order valence-electron chi connectivity index (χ4n) is 2.30. The third-order valence-electron chi connectivity index (χ3n) is 3.31. The van der Waals surface area contributed by atoms with Crippen molar-refractivity contribution in [2.75, 3.05) is 6.54 Å². The van der Waals surface area contributed by atoms with Gasteiger partial charge in [-0.15, -0.1) is 17.9 Å². The van der Waals surface area contributed by atoms with E-state index in [9.17, 15) is 5.11 Å². The van der Waals surface area contributed by atoms with Crippen LogP contribution in [0.15, 0.2) is 47.6 Å². The minimum Gasteiger partial charge on any atom is -0.468 e. The molecule has 0 saturated carbocycles. The van der Waals surface area contributed by atoms with Gasteiger partial charge < -0.3 is 9.52 Å². The zero-order chi connectivity index (χ0) is 15.1. The summed E-state index contributed by atoms with van der Waals surface area (Å²) in [5.74, 6) is 0.930. The molecule has 0 fully saturated rings. The Morgan fingerprint density at radius 2 is 2.24 bits per heavy atom. The van der Waals surface area contributed by atoms with Crippen molar-refractivity contribution >= 4 is 11.3 Å². The van der Waals surface area contributed by atoms with Crippen molar-refractivity contribution in [2.45, 2.75) is 39.0 Å². The maximum absolute atomic E-state index is 10.1. The molecule has 114 valence electrons. The van der Waals surface area contributed by atoms with Crippen LogP contribution in [0.1, 0.15) is 28.4 Å². The molecule has 2 aromatic rings. The van der Waals surface area contributed by atoms with Crippen LogP contribution in [0.4, 0.5) is 0 Å². The Kier molecular flexibility index (Phi) is 6.23. The van der Waals surface area contributed by atoms with E-state index in [0.29, 0.717) is 6.54 Å². The van der Waals surface area contributed by atoms with E-state index in [1.54, 1.807) is 17.6 Å². The molecule has 1 unspecified atom stereocenters. The third-order valence-corrected chi connectivity index (χ3v) is 4.29. The number of hydrogen-bond donors (Lipinski definition) is 1. The molecule has 2 heterocycles. The van der Waals surface area contributed by atoms with E-state index in [0.717, 1.165) is 31.7 Å². The first-order valence-corrected chi connectivity index (χ1v) is 8.08. The molecule has 0 aliphatic heterocycles. The third kappa shape index (κ3) is 5.50. The SMILES string of the molecule is C=CCCC(O)CN(Cc1ccco1)Cc1ccc(C)s1. The molecule has 3 nitrogen and oxygen atoms in total. The first-order chi connectivity index (χ1) is 10.2. The Balaban J connectivity index is 1.97. The molecule has 2 aromatic heterocycles. The summed E-state index contributed by atoms with van der Waals surface area (Å²) in [4.78, 5) is 4.86. The summed E-state index contributed by atoms with van der Waals surface area (Å²) in [6.45, 7) is 8.02. The van der Waals surface area contributed by atoms with Gasteiger partial charge in [-0.25, -0.2) is 0 Å². The van der Waals surface area contributed by atoms with Crippen molar-refractivity contribution in [3.8, 4) is 0 Å². The number of aliphatic hydroxyl groups is 1. The monoisotopic (exact) mass is 305 g/mol. The zero-order valence-corrected chi connectivity index (χ0v) is 13.3. The minimum atomic E-state index is -0.334. The van der Waals surface area contributed by atoms with Gasteiger partial charge in [-0.1, -0.05) is 6.08 Å². The maximum atomic E-state index is 10.1. The fourth-order valence-corrected chi connectivity index (χ4v) is 3.23. The van der Waals surface area contributed by atoms with Crippen LogP contribution >= 0.6 is 11.3 Å². The molecule has 21 heavy (non-hydrogen) atoms. The largest absolute Gasteiger partial charge is 0.468 e. The smallest absolute Gasteiger partial charge is 0.117 e. The molecule has 0 spiro atoms. The summed E-state index contributed by atoms with van der Waals surface area (Å²) < 4.78 is 5.43. The Labute approximate surface area is 130 Å². The Hall–Kier alpha value is -1.36. The topological polar surface area (TPSA) is 36.6 Å². The van der Waals surface area contributed by atoms with Gasteiger partial charge in [-0.05, 0) is 44.0 Å². The van der Waals surface area contributed by atoms with E-state index in [1.807, 2.05) is 18.2 Å². The van der Waals surface area contributed by atoms with E-state index >= 15 is 0 Å². The van der Waals surface area contributed by atoms with Crippen LogP contribution < -0.4 is 0 Å². The lowest BCUT2D eigenvalue weighted by atomic mass is 10.2. The number of aliphatic hydroxyl groups excluding tert-OH is 1. The summed E-state index contributed by atoms with van der Waals surface area (Å²) >= 11 is 1.80. The molecule has 0 radical (unpaired) electrons. The quantitative estimate of drug-likeness (QED) is 0.712. The molecule has 4 heteroatoms. The Bertz CT molecular complexity index is 533. The van der Waals surface area contributed by atoms with E-state index in [1.165, 1.54) is 9.75 Å². The summed E-state index contributed by atoms with van der Waals surface area (Å²) in [7, 11) is 0. The molecule has 0 amide bonds. The van der Waals surface area contributed by atoms with Gasteiger partial charge in [0.2, 0.25) is 0 Å². The van der Waals surface area contributed by atoms with Crippen molar-refractivity contribution in [2.24, 2.45) is 0 Å². The molecular weight excluding hydrogens is 282 g/mol. The highest BCUT2D eigenvalue weighted by Gasteiger charge is 2.14. The van der Waals surface area contributed by atoms with Crippen LogP contribution in [0.5, 0.6) is 0 Å². The van der Waals surface area contributed by atoms with Crippen molar-refractivity contribution in [3.63, 3.8) is 0 Å². The Morgan fingerprint density at radius 1 is 1.38 bits per heavy atom. The van der Waals surface area contributed by atoms with Crippen LogP contribution in [-0.2, 0) is 13.1 Å². The van der Waals surface area contributed by atoms with E-state index in [-0.39, 0.29) is 6.10 Å². The molecule has 0 bridgehead atoms. The van der Waals surface area contributed by atoms with E-state index in [4.69, 9.17) is 4.42 Å². The van der Waals surface area contributed by atoms with Crippen LogP contribution in [0.25, 0.3) is 0 Å². The van der Waals surface area contributed by atoms with Crippen molar-refractivity contribution in [1.82, 2.24) is 4.90 Å². The molecule has 0 aliphatic rings. The second-order valence-electron chi connectivity index (χ2n) is 5.28. The number of nitrogens with zero attached hydrogens (tertiary/aromatic N) is 1. The average Bonchev–Trinajstić information content (AvgIpc) is 3.08. The maximum Gasteiger partial charge on any atom is 0.117 e. The molecule has 0 saturated heterocycles. The van der Waals surface area contributed by atoms with Gasteiger partial charge in [0.15, 0.2) is 0 Å². The molecule has 2 rings (SSSR count). The highest BCUT2D eigenvalue weighted by Crippen LogP contribution is 2.19. The lowest BCUT2D eigenvalue weighted by Crippen LogP contribution is -2.31. The number of hydrogen-bond acceptors (Lipinski definition) is 4. The minimum absolute atomic E-state index is 0.334. The lowest BCUT2D eigenvalue weighted by Gasteiger charge is -2.23. The fraction of sp³-hybridized carbons (Fsp3) is 0.412. The van der Waals surface area contributed by atoms with Gasteiger partial charge in [-0.3, -0.25) is 4.90 Å². The highest BCUT2D eigenvalue weighted by molar-refractivity contribution is 7.11. The van der Waals surface area contributed by atoms with Crippen molar-refractivity contribution in [1.29, 1.82) is 0 Å². The van der Waals surface area contributed by atoms with Crippen molar-refractivity contribution in [3.05, 3.63) is 58.7 Å². The summed E-state index contributed by atoms with van der Waals surface area (Å²) in [5, 5.41) is 10.1. The first kappa shape index (κ1) is 16.0. The molecule has 1 N–H and O–H groups in total. The number of thiophene rings is 1. The van der Waals surface area contributed by atoms with Gasteiger partial charge >= 0.3 is 0 Å². The summed E-state index contributed by atoms with van der Waals surface area (Å²) in [6.07, 6.45) is 4.80. The standard InChI is InChI=1S/C17H23NO2S/c1-3-4-6-15(19)11-18(12-16-7-5-10-20-16)13-17-9-8-14(2)21-17/h3,5,7-10,15,19H,1,4,6,11-13H2,2H3. The van der Waals surface area contributed by atoms with Crippen LogP contribution in [0, 0.1) is 6.92 Å². The van der Waals surface area contributed by atoms with Crippen LogP contribution in [0.2, 0.25) is 0 Å². The predicted molar refractivity (Wildman–Crippen MR) is 87.3 cm³/mol. The van der Waals surface area contributed by atoms with Gasteiger partial charge in [0.25, 0.3) is 0 Å². The van der Waals surface area contributed by atoms with Crippen LogP contribution in [0.3, 0.4) is 0 Å². The van der Waals surface area contributed by atoms with Crippen molar-refractivity contribution < 1.29 is 9.52 Å². The highest BCUT2D eigenvalue weighted by atomic mass is 32.1. The summed E-state index contributed by atoms with van der Waals surface area (Å²) in [5.41, 5.74) is 0. The van der Waals surface area contributed by atoms with Crippen LogP contribution in [-0.4, -0.2) is 22.7 Å². The number of furan rings is 1. The lowest BCUT2D eigenvalue weighted by molar-refractivity contribution is 0.0950. The molecule has 0 aliphatic carbocycles. The number of rotatable bonds is 9.